The van der Waals surface area contributed by atoms with Gasteiger partial charge in [0.25, 0.3) is 0 Å². The fraction of sp³-hybridized carbons (Fsp3) is 0.615. The number of hydrogen-bond acceptors (Lipinski definition) is 3. The second-order valence-corrected chi connectivity index (χ2v) is 5.67. The normalized spacial score (nSPS) is 24.6. The number of aryl methyl sites for hydroxylation is 1. The molecule has 17 heavy (non-hydrogen) atoms. The van der Waals surface area contributed by atoms with E-state index in [-0.39, 0.29) is 6.10 Å². The lowest BCUT2D eigenvalue weighted by atomic mass is 9.87. The standard InChI is InChI=1S/C13H19BrN2O/c1-9-12(14)6-7-13(16-9)15-8-10-2-4-11(17)5-3-10/h6-7,10-11,17H,2-5,8H2,1H3,(H,15,16). The Balaban J connectivity index is 1.83. The molecule has 0 unspecified atom stereocenters. The minimum Gasteiger partial charge on any atom is -0.393 e. The first-order valence-corrected chi connectivity index (χ1v) is 6.99. The van der Waals surface area contributed by atoms with E-state index in [1.54, 1.807) is 0 Å². The molecule has 1 aromatic heterocycles. The number of nitrogens with one attached hydrogen (secondary N) is 1. The van der Waals surface area contributed by atoms with E-state index >= 15 is 0 Å². The Bertz CT molecular complexity index is 376. The number of rotatable bonds is 3. The summed E-state index contributed by atoms with van der Waals surface area (Å²) in [4.78, 5) is 4.46. The maximum atomic E-state index is 9.44. The molecule has 1 fully saturated rings. The van der Waals surface area contributed by atoms with Crippen LogP contribution in [0.1, 0.15) is 31.4 Å². The zero-order valence-corrected chi connectivity index (χ0v) is 11.7. The monoisotopic (exact) mass is 298 g/mol. The zero-order valence-electron chi connectivity index (χ0n) is 10.1. The molecule has 3 nitrogen and oxygen atoms in total. The Morgan fingerprint density at radius 3 is 2.71 bits per heavy atom. The van der Waals surface area contributed by atoms with Crippen LogP contribution < -0.4 is 5.32 Å². The fourth-order valence-electron chi connectivity index (χ4n) is 2.24. The molecule has 4 heteroatoms. The third-order valence-electron chi connectivity index (χ3n) is 3.41. The van der Waals surface area contributed by atoms with E-state index in [4.69, 9.17) is 0 Å². The lowest BCUT2D eigenvalue weighted by Crippen LogP contribution is -2.23. The first-order chi connectivity index (χ1) is 8.15. The van der Waals surface area contributed by atoms with Crippen LogP contribution in [0.5, 0.6) is 0 Å². The summed E-state index contributed by atoms with van der Waals surface area (Å²) in [5.74, 6) is 1.61. The van der Waals surface area contributed by atoms with Crippen LogP contribution in [0.2, 0.25) is 0 Å². The number of aliphatic hydroxyl groups is 1. The van der Waals surface area contributed by atoms with Gasteiger partial charge in [-0.15, -0.1) is 0 Å². The largest absolute Gasteiger partial charge is 0.393 e. The highest BCUT2D eigenvalue weighted by atomic mass is 79.9. The van der Waals surface area contributed by atoms with Gasteiger partial charge in [-0.1, -0.05) is 0 Å². The van der Waals surface area contributed by atoms with Crippen LogP contribution >= 0.6 is 15.9 Å². The third kappa shape index (κ3) is 3.68. The van der Waals surface area contributed by atoms with Gasteiger partial charge >= 0.3 is 0 Å². The number of hydrogen-bond donors (Lipinski definition) is 2. The van der Waals surface area contributed by atoms with Crippen molar-refractivity contribution in [3.63, 3.8) is 0 Å². The van der Waals surface area contributed by atoms with Crippen LogP contribution in [0.25, 0.3) is 0 Å². The zero-order chi connectivity index (χ0) is 12.3. The molecular formula is C13H19BrN2O. The molecule has 1 aliphatic rings. The Labute approximate surface area is 111 Å². The fourth-order valence-corrected chi connectivity index (χ4v) is 2.46. The second kappa shape index (κ2) is 5.83. The van der Waals surface area contributed by atoms with Crippen LogP contribution in [0.15, 0.2) is 16.6 Å². The van der Waals surface area contributed by atoms with E-state index in [1.165, 1.54) is 0 Å². The van der Waals surface area contributed by atoms with Gasteiger partial charge in [0.15, 0.2) is 0 Å². The van der Waals surface area contributed by atoms with Crippen molar-refractivity contribution in [2.75, 3.05) is 11.9 Å². The molecule has 0 bridgehead atoms. The highest BCUT2D eigenvalue weighted by molar-refractivity contribution is 9.10. The van der Waals surface area contributed by atoms with Gasteiger partial charge in [0, 0.05) is 11.0 Å². The molecule has 2 N–H and O–H groups in total. The van der Waals surface area contributed by atoms with Gasteiger partial charge in [-0.3, -0.25) is 0 Å². The van der Waals surface area contributed by atoms with E-state index in [0.717, 1.165) is 48.2 Å². The van der Waals surface area contributed by atoms with Crippen molar-refractivity contribution in [2.45, 2.75) is 38.7 Å². The Morgan fingerprint density at radius 1 is 1.35 bits per heavy atom. The number of pyridine rings is 1. The van der Waals surface area contributed by atoms with Gasteiger partial charge in [0.05, 0.1) is 11.8 Å². The molecule has 0 atom stereocenters. The highest BCUT2D eigenvalue weighted by Gasteiger charge is 2.18. The molecule has 1 aromatic rings. The van der Waals surface area contributed by atoms with Crippen molar-refractivity contribution in [3.8, 4) is 0 Å². The van der Waals surface area contributed by atoms with Crippen molar-refractivity contribution in [1.29, 1.82) is 0 Å². The molecule has 0 saturated heterocycles. The van der Waals surface area contributed by atoms with E-state index in [2.05, 4.69) is 26.2 Å². The number of halogens is 1. The number of aliphatic hydroxyl groups excluding tert-OH is 1. The molecule has 1 aliphatic carbocycles. The summed E-state index contributed by atoms with van der Waals surface area (Å²) in [6.45, 7) is 2.95. The van der Waals surface area contributed by atoms with Crippen molar-refractivity contribution in [2.24, 2.45) is 5.92 Å². The van der Waals surface area contributed by atoms with Gasteiger partial charge < -0.3 is 10.4 Å². The van der Waals surface area contributed by atoms with Gasteiger partial charge in [-0.2, -0.15) is 0 Å². The smallest absolute Gasteiger partial charge is 0.126 e. The second-order valence-electron chi connectivity index (χ2n) is 4.82. The topological polar surface area (TPSA) is 45.2 Å². The van der Waals surface area contributed by atoms with Crippen LogP contribution in [0.4, 0.5) is 5.82 Å². The summed E-state index contributed by atoms with van der Waals surface area (Å²) in [6.07, 6.45) is 4.05. The van der Waals surface area contributed by atoms with Crippen LogP contribution in [0.3, 0.4) is 0 Å². The van der Waals surface area contributed by atoms with E-state index in [1.807, 2.05) is 19.1 Å². The highest BCUT2D eigenvalue weighted by Crippen LogP contribution is 2.24. The summed E-state index contributed by atoms with van der Waals surface area (Å²) < 4.78 is 1.05. The molecule has 0 spiro atoms. The average molecular weight is 299 g/mol. The van der Waals surface area contributed by atoms with Crippen molar-refractivity contribution < 1.29 is 5.11 Å². The quantitative estimate of drug-likeness (QED) is 0.901. The summed E-state index contributed by atoms with van der Waals surface area (Å²) in [5, 5.41) is 12.8. The number of aromatic nitrogens is 1. The minimum atomic E-state index is -0.0701. The van der Waals surface area contributed by atoms with Crippen molar-refractivity contribution in [1.82, 2.24) is 4.98 Å². The maximum absolute atomic E-state index is 9.44. The summed E-state index contributed by atoms with van der Waals surface area (Å²) in [5.41, 5.74) is 1.01. The summed E-state index contributed by atoms with van der Waals surface area (Å²) >= 11 is 3.45. The Morgan fingerprint density at radius 2 is 2.06 bits per heavy atom. The number of nitrogens with zero attached hydrogens (tertiary/aromatic N) is 1. The van der Waals surface area contributed by atoms with Gasteiger partial charge in [-0.05, 0) is 66.6 Å². The molecule has 0 radical (unpaired) electrons. The molecule has 0 aliphatic heterocycles. The summed E-state index contributed by atoms with van der Waals surface area (Å²) in [6, 6.07) is 4.02. The lowest BCUT2D eigenvalue weighted by Gasteiger charge is -2.25. The van der Waals surface area contributed by atoms with E-state index < -0.39 is 0 Å². The maximum Gasteiger partial charge on any atom is 0.126 e. The van der Waals surface area contributed by atoms with Crippen molar-refractivity contribution in [3.05, 3.63) is 22.3 Å². The predicted octanol–water partition coefficient (Wildman–Crippen LogP) is 3.12. The molecular weight excluding hydrogens is 280 g/mol. The third-order valence-corrected chi connectivity index (χ3v) is 4.25. The van der Waals surface area contributed by atoms with Crippen molar-refractivity contribution >= 4 is 21.7 Å². The van der Waals surface area contributed by atoms with Crippen LogP contribution in [-0.4, -0.2) is 22.7 Å². The van der Waals surface area contributed by atoms with E-state index in [9.17, 15) is 5.11 Å². The predicted molar refractivity (Wildman–Crippen MR) is 73.1 cm³/mol. The lowest BCUT2D eigenvalue weighted by molar-refractivity contribution is 0.111. The van der Waals surface area contributed by atoms with Gasteiger partial charge in [-0.25, -0.2) is 4.98 Å². The average Bonchev–Trinajstić information content (AvgIpc) is 2.33. The van der Waals surface area contributed by atoms with Crippen LogP contribution in [-0.2, 0) is 0 Å². The first-order valence-electron chi connectivity index (χ1n) is 6.20. The minimum absolute atomic E-state index is 0.0701. The number of anilines is 1. The van der Waals surface area contributed by atoms with Gasteiger partial charge in [0.1, 0.15) is 5.82 Å². The van der Waals surface area contributed by atoms with E-state index in [0.29, 0.717) is 5.92 Å². The Hall–Kier alpha value is -0.610. The summed E-state index contributed by atoms with van der Waals surface area (Å²) in [7, 11) is 0. The molecule has 2 rings (SSSR count). The Kier molecular flexibility index (Phi) is 4.40. The molecule has 0 amide bonds. The SMILES string of the molecule is Cc1nc(NCC2CCC(O)CC2)ccc1Br. The first kappa shape index (κ1) is 12.8. The van der Waals surface area contributed by atoms with Crippen LogP contribution in [0, 0.1) is 12.8 Å². The molecule has 1 saturated carbocycles. The molecule has 1 heterocycles. The molecule has 0 aromatic carbocycles. The molecule has 94 valence electrons. The van der Waals surface area contributed by atoms with Gasteiger partial charge in [0.2, 0.25) is 0 Å².